The van der Waals surface area contributed by atoms with E-state index < -0.39 is 6.04 Å². The zero-order chi connectivity index (χ0) is 22.2. The van der Waals surface area contributed by atoms with E-state index in [0.717, 1.165) is 24.3 Å². The van der Waals surface area contributed by atoms with Crippen molar-refractivity contribution < 1.29 is 14.4 Å². The van der Waals surface area contributed by atoms with Gasteiger partial charge in [-0.05, 0) is 54.7 Å². The van der Waals surface area contributed by atoms with Crippen molar-refractivity contribution in [3.05, 3.63) is 64.7 Å². The van der Waals surface area contributed by atoms with E-state index in [1.165, 1.54) is 0 Å². The Hall–Kier alpha value is -2.51. The number of thioether (sulfide) groups is 1. The molecule has 3 amide bonds. The first kappa shape index (κ1) is 23.2. The molecular weight excluding hydrogens is 434 g/mol. The molecule has 3 rings (SSSR count). The molecule has 0 bridgehead atoms. The van der Waals surface area contributed by atoms with Gasteiger partial charge in [-0.15, -0.1) is 0 Å². The lowest BCUT2D eigenvalue weighted by molar-refractivity contribution is -0.128. The third kappa shape index (κ3) is 6.48. The fourth-order valence-corrected chi connectivity index (χ4v) is 4.15. The van der Waals surface area contributed by atoms with E-state index in [2.05, 4.69) is 10.6 Å². The quantitative estimate of drug-likeness (QED) is 0.595. The molecule has 0 aliphatic carbocycles. The number of hydrogen-bond donors (Lipinski definition) is 2. The summed E-state index contributed by atoms with van der Waals surface area (Å²) in [5.41, 5.74) is 1.92. The van der Waals surface area contributed by atoms with E-state index in [-0.39, 0.29) is 17.7 Å². The van der Waals surface area contributed by atoms with Gasteiger partial charge in [-0.1, -0.05) is 35.9 Å². The highest BCUT2D eigenvalue weighted by atomic mass is 35.5. The van der Waals surface area contributed by atoms with Crippen LogP contribution >= 0.6 is 23.4 Å². The molecule has 1 atom stereocenters. The number of rotatable bonds is 9. The highest BCUT2D eigenvalue weighted by Gasteiger charge is 2.23. The summed E-state index contributed by atoms with van der Waals surface area (Å²) in [5, 5.41) is 6.05. The average molecular weight is 460 g/mol. The summed E-state index contributed by atoms with van der Waals surface area (Å²) in [6.45, 7) is 1.29. The third-order valence-corrected chi connectivity index (χ3v) is 6.06. The Bertz CT molecular complexity index is 953. The van der Waals surface area contributed by atoms with Crippen LogP contribution in [0.2, 0.25) is 5.02 Å². The van der Waals surface area contributed by atoms with Crippen LogP contribution in [0.5, 0.6) is 0 Å². The van der Waals surface area contributed by atoms with Crippen LogP contribution in [0.25, 0.3) is 0 Å². The number of anilines is 1. The summed E-state index contributed by atoms with van der Waals surface area (Å²) < 4.78 is 0. The van der Waals surface area contributed by atoms with E-state index in [4.69, 9.17) is 11.6 Å². The van der Waals surface area contributed by atoms with Crippen LogP contribution in [0.15, 0.2) is 48.5 Å². The molecule has 1 fully saturated rings. The summed E-state index contributed by atoms with van der Waals surface area (Å²) in [7, 11) is 0. The Kier molecular flexibility index (Phi) is 8.37. The fraction of sp³-hybridized carbons (Fsp3) is 0.348. The molecule has 1 saturated heterocycles. The molecule has 1 heterocycles. The van der Waals surface area contributed by atoms with Crippen molar-refractivity contribution in [2.75, 3.05) is 23.9 Å². The highest BCUT2D eigenvalue weighted by molar-refractivity contribution is 7.98. The summed E-state index contributed by atoms with van der Waals surface area (Å²) >= 11 is 7.73. The first-order valence-electron chi connectivity index (χ1n) is 10.2. The van der Waals surface area contributed by atoms with Crippen molar-refractivity contribution in [1.82, 2.24) is 10.2 Å². The Morgan fingerprint density at radius 3 is 2.71 bits per heavy atom. The molecule has 0 radical (unpaired) electrons. The number of nitrogens with zero attached hydrogens (tertiary/aromatic N) is 1. The minimum atomic E-state index is -0.694. The van der Waals surface area contributed by atoms with E-state index >= 15 is 0 Å². The minimum absolute atomic E-state index is 0.161. The molecule has 2 aromatic rings. The molecule has 164 valence electrons. The SMILES string of the molecule is CSCCC(NC(=O)c1ccccc1Cl)C(=O)Nc1cccc(CN2CCCC2=O)c1. The lowest BCUT2D eigenvalue weighted by Crippen LogP contribution is -2.44. The normalized spacial score (nSPS) is 14.4. The topological polar surface area (TPSA) is 78.5 Å². The second-order valence-corrected chi connectivity index (χ2v) is 8.79. The highest BCUT2D eigenvalue weighted by Crippen LogP contribution is 2.18. The number of benzene rings is 2. The van der Waals surface area contributed by atoms with Crippen LogP contribution in [0.4, 0.5) is 5.69 Å². The molecule has 0 saturated carbocycles. The summed E-state index contributed by atoms with van der Waals surface area (Å²) in [4.78, 5) is 39.3. The van der Waals surface area contributed by atoms with Crippen molar-refractivity contribution in [3.8, 4) is 0 Å². The lowest BCUT2D eigenvalue weighted by atomic mass is 10.1. The predicted molar refractivity (Wildman–Crippen MR) is 125 cm³/mol. The summed E-state index contributed by atoms with van der Waals surface area (Å²) in [5.74, 6) is 0.212. The molecule has 8 heteroatoms. The van der Waals surface area contributed by atoms with Crippen LogP contribution in [-0.4, -0.2) is 47.2 Å². The van der Waals surface area contributed by atoms with Crippen LogP contribution in [0.3, 0.4) is 0 Å². The first-order chi connectivity index (χ1) is 15.0. The number of likely N-dealkylation sites (tertiary alicyclic amines) is 1. The third-order valence-electron chi connectivity index (χ3n) is 5.09. The smallest absolute Gasteiger partial charge is 0.253 e. The molecule has 2 aromatic carbocycles. The molecule has 31 heavy (non-hydrogen) atoms. The monoisotopic (exact) mass is 459 g/mol. The van der Waals surface area contributed by atoms with Gasteiger partial charge in [0.05, 0.1) is 10.6 Å². The Morgan fingerprint density at radius 1 is 1.19 bits per heavy atom. The second-order valence-electron chi connectivity index (χ2n) is 7.40. The van der Waals surface area contributed by atoms with Gasteiger partial charge in [0.25, 0.3) is 5.91 Å². The zero-order valence-corrected chi connectivity index (χ0v) is 19.0. The van der Waals surface area contributed by atoms with Crippen molar-refractivity contribution in [1.29, 1.82) is 0 Å². The van der Waals surface area contributed by atoms with Crippen LogP contribution < -0.4 is 10.6 Å². The maximum atomic E-state index is 12.9. The molecule has 1 aliphatic rings. The largest absolute Gasteiger partial charge is 0.340 e. The molecular formula is C23H26ClN3O3S. The number of carbonyl (C=O) groups is 3. The van der Waals surface area contributed by atoms with Gasteiger partial charge in [0.1, 0.15) is 6.04 Å². The zero-order valence-electron chi connectivity index (χ0n) is 17.4. The van der Waals surface area contributed by atoms with Crippen LogP contribution in [0, 0.1) is 0 Å². The summed E-state index contributed by atoms with van der Waals surface area (Å²) in [6.07, 6.45) is 3.93. The van der Waals surface area contributed by atoms with Gasteiger partial charge in [-0.2, -0.15) is 11.8 Å². The molecule has 1 unspecified atom stereocenters. The number of amides is 3. The molecule has 0 aromatic heterocycles. The van der Waals surface area contributed by atoms with E-state index in [1.807, 2.05) is 29.4 Å². The Morgan fingerprint density at radius 2 is 2.00 bits per heavy atom. The first-order valence-corrected chi connectivity index (χ1v) is 12.0. The van der Waals surface area contributed by atoms with Crippen LogP contribution in [0.1, 0.15) is 35.2 Å². The fourth-order valence-electron chi connectivity index (χ4n) is 3.45. The van der Waals surface area contributed by atoms with Gasteiger partial charge in [-0.3, -0.25) is 14.4 Å². The van der Waals surface area contributed by atoms with Gasteiger partial charge < -0.3 is 15.5 Å². The minimum Gasteiger partial charge on any atom is -0.340 e. The molecule has 6 nitrogen and oxygen atoms in total. The number of hydrogen-bond acceptors (Lipinski definition) is 4. The number of nitrogens with one attached hydrogen (secondary N) is 2. The van der Waals surface area contributed by atoms with Crippen molar-refractivity contribution in [3.63, 3.8) is 0 Å². The van der Waals surface area contributed by atoms with Crippen molar-refractivity contribution in [2.45, 2.75) is 31.8 Å². The van der Waals surface area contributed by atoms with Gasteiger partial charge in [-0.25, -0.2) is 0 Å². The maximum Gasteiger partial charge on any atom is 0.253 e. The van der Waals surface area contributed by atoms with E-state index in [0.29, 0.717) is 35.7 Å². The van der Waals surface area contributed by atoms with Crippen molar-refractivity contribution in [2.24, 2.45) is 0 Å². The number of carbonyl (C=O) groups excluding carboxylic acids is 3. The lowest BCUT2D eigenvalue weighted by Gasteiger charge is -2.19. The molecule has 0 spiro atoms. The van der Waals surface area contributed by atoms with Crippen LogP contribution in [-0.2, 0) is 16.1 Å². The number of halogens is 1. The van der Waals surface area contributed by atoms with Crippen molar-refractivity contribution >= 4 is 46.8 Å². The second kappa shape index (κ2) is 11.2. The van der Waals surface area contributed by atoms with E-state index in [1.54, 1.807) is 42.1 Å². The predicted octanol–water partition coefficient (Wildman–Crippen LogP) is 3.95. The molecule has 2 N–H and O–H groups in total. The van der Waals surface area contributed by atoms with Gasteiger partial charge in [0, 0.05) is 25.2 Å². The van der Waals surface area contributed by atoms with Gasteiger partial charge in [0.15, 0.2) is 0 Å². The summed E-state index contributed by atoms with van der Waals surface area (Å²) in [6, 6.07) is 13.5. The Labute approximate surface area is 191 Å². The maximum absolute atomic E-state index is 12.9. The van der Waals surface area contributed by atoms with Gasteiger partial charge in [0.2, 0.25) is 11.8 Å². The standard InChI is InChI=1S/C23H26ClN3O3S/c1-31-13-11-20(26-22(29)18-8-2-3-9-19(18)24)23(30)25-17-7-4-6-16(14-17)15-27-12-5-10-21(27)28/h2-4,6-9,14,20H,5,10-13,15H2,1H3,(H,25,30)(H,26,29). The van der Waals surface area contributed by atoms with E-state index in [9.17, 15) is 14.4 Å². The van der Waals surface area contributed by atoms with Gasteiger partial charge >= 0.3 is 0 Å². The molecule has 1 aliphatic heterocycles. The average Bonchev–Trinajstić information content (AvgIpc) is 3.15. The Balaban J connectivity index is 1.67.